The van der Waals surface area contributed by atoms with Gasteiger partial charge in [0.2, 0.25) is 5.91 Å². The number of nitrogens with one attached hydrogen (secondary N) is 3. The Balaban J connectivity index is 1.92. The minimum Gasteiger partial charge on any atom is -0.376 e. The highest BCUT2D eigenvalue weighted by molar-refractivity contribution is 5.94. The number of carbonyl (C=O) groups is 1. The lowest BCUT2D eigenvalue weighted by atomic mass is 10.1. The summed E-state index contributed by atoms with van der Waals surface area (Å²) >= 11 is 0. The van der Waals surface area contributed by atoms with Gasteiger partial charge in [0.1, 0.15) is 0 Å². The zero-order chi connectivity index (χ0) is 16.7. The Kier molecular flexibility index (Phi) is 6.18. The van der Waals surface area contributed by atoms with E-state index < -0.39 is 0 Å². The molecule has 23 heavy (non-hydrogen) atoms. The summed E-state index contributed by atoms with van der Waals surface area (Å²) in [5.41, 5.74) is 5.31. The first-order valence-electron chi connectivity index (χ1n) is 7.99. The van der Waals surface area contributed by atoms with E-state index in [1.807, 2.05) is 56.3 Å². The van der Waals surface area contributed by atoms with Crippen molar-refractivity contribution in [2.24, 2.45) is 0 Å². The summed E-state index contributed by atoms with van der Waals surface area (Å²) < 4.78 is 0. The molecule has 0 fully saturated rings. The van der Waals surface area contributed by atoms with Crippen molar-refractivity contribution < 1.29 is 4.79 Å². The average molecular weight is 311 g/mol. The molecule has 0 aliphatic rings. The van der Waals surface area contributed by atoms with E-state index in [1.165, 1.54) is 0 Å². The van der Waals surface area contributed by atoms with Crippen LogP contribution in [0.3, 0.4) is 0 Å². The number of hydrogen-bond acceptors (Lipinski definition) is 3. The van der Waals surface area contributed by atoms with Crippen molar-refractivity contribution in [3.63, 3.8) is 0 Å². The third-order valence-corrected chi connectivity index (χ3v) is 3.70. The first-order valence-corrected chi connectivity index (χ1v) is 7.99. The van der Waals surface area contributed by atoms with Gasteiger partial charge in [-0.15, -0.1) is 0 Å². The van der Waals surface area contributed by atoms with Crippen LogP contribution in [0.5, 0.6) is 0 Å². The summed E-state index contributed by atoms with van der Waals surface area (Å²) in [4.78, 5) is 12.1. The molecule has 1 amide bonds. The van der Waals surface area contributed by atoms with Crippen LogP contribution in [0, 0.1) is 13.8 Å². The third-order valence-electron chi connectivity index (χ3n) is 3.70. The van der Waals surface area contributed by atoms with Crippen molar-refractivity contribution in [2.45, 2.75) is 27.3 Å². The van der Waals surface area contributed by atoms with Crippen LogP contribution in [0.25, 0.3) is 0 Å². The van der Waals surface area contributed by atoms with E-state index in [2.05, 4.69) is 22.9 Å². The Bertz CT molecular complexity index is 647. The summed E-state index contributed by atoms with van der Waals surface area (Å²) in [6, 6.07) is 14.0. The fourth-order valence-corrected chi connectivity index (χ4v) is 2.50. The van der Waals surface area contributed by atoms with Gasteiger partial charge in [0.25, 0.3) is 0 Å². The van der Waals surface area contributed by atoms with Crippen molar-refractivity contribution in [3.8, 4) is 0 Å². The van der Waals surface area contributed by atoms with Crippen LogP contribution in [0.15, 0.2) is 42.5 Å². The Labute approximate surface area is 138 Å². The van der Waals surface area contributed by atoms with Crippen molar-refractivity contribution in [2.75, 3.05) is 23.7 Å². The molecule has 0 saturated heterocycles. The van der Waals surface area contributed by atoms with Crippen LogP contribution in [0.1, 0.15) is 23.6 Å². The molecule has 0 radical (unpaired) electrons. The molecule has 0 aliphatic heterocycles. The van der Waals surface area contributed by atoms with Gasteiger partial charge in [-0.2, -0.15) is 0 Å². The van der Waals surface area contributed by atoms with Gasteiger partial charge in [0.05, 0.1) is 6.54 Å². The molecule has 0 spiro atoms. The lowest BCUT2D eigenvalue weighted by molar-refractivity contribution is -0.114. The quantitative estimate of drug-likeness (QED) is 0.734. The fraction of sp³-hybridized carbons (Fsp3) is 0.316. The SMILES string of the molecule is CCNCc1cccc(NC(=O)CNc2c(C)cccc2C)c1. The fourth-order valence-electron chi connectivity index (χ4n) is 2.50. The van der Waals surface area contributed by atoms with Gasteiger partial charge < -0.3 is 16.0 Å². The van der Waals surface area contributed by atoms with Crippen molar-refractivity contribution in [3.05, 3.63) is 59.2 Å². The molecular formula is C19H25N3O. The zero-order valence-electron chi connectivity index (χ0n) is 14.1. The molecule has 0 aliphatic carbocycles. The lowest BCUT2D eigenvalue weighted by Crippen LogP contribution is -2.22. The highest BCUT2D eigenvalue weighted by Crippen LogP contribution is 2.19. The maximum absolute atomic E-state index is 12.1. The van der Waals surface area contributed by atoms with Crippen LogP contribution in [0.4, 0.5) is 11.4 Å². The van der Waals surface area contributed by atoms with Crippen LogP contribution < -0.4 is 16.0 Å². The molecule has 0 bridgehead atoms. The van der Waals surface area contributed by atoms with Crippen LogP contribution >= 0.6 is 0 Å². The average Bonchev–Trinajstić information content (AvgIpc) is 2.53. The Hall–Kier alpha value is -2.33. The van der Waals surface area contributed by atoms with Crippen molar-refractivity contribution in [1.82, 2.24) is 5.32 Å². The second kappa shape index (κ2) is 8.34. The Morgan fingerprint density at radius 1 is 1.04 bits per heavy atom. The molecule has 4 nitrogen and oxygen atoms in total. The molecule has 4 heteroatoms. The molecular weight excluding hydrogens is 286 g/mol. The van der Waals surface area contributed by atoms with E-state index in [9.17, 15) is 4.79 Å². The van der Waals surface area contributed by atoms with Gasteiger partial charge in [-0.3, -0.25) is 4.79 Å². The Morgan fingerprint density at radius 2 is 1.74 bits per heavy atom. The van der Waals surface area contributed by atoms with Gasteiger partial charge in [0.15, 0.2) is 0 Å². The predicted octanol–water partition coefficient (Wildman–Crippen LogP) is 3.46. The van der Waals surface area contributed by atoms with E-state index in [4.69, 9.17) is 0 Å². The molecule has 0 atom stereocenters. The molecule has 2 aromatic rings. The van der Waals surface area contributed by atoms with Crippen molar-refractivity contribution >= 4 is 17.3 Å². The topological polar surface area (TPSA) is 53.2 Å². The van der Waals surface area contributed by atoms with Gasteiger partial charge in [0, 0.05) is 17.9 Å². The molecule has 3 N–H and O–H groups in total. The zero-order valence-corrected chi connectivity index (χ0v) is 14.1. The number of benzene rings is 2. The summed E-state index contributed by atoms with van der Waals surface area (Å²) in [6.07, 6.45) is 0. The minimum atomic E-state index is -0.0479. The number of carbonyl (C=O) groups excluding carboxylic acids is 1. The lowest BCUT2D eigenvalue weighted by Gasteiger charge is -2.13. The van der Waals surface area contributed by atoms with Gasteiger partial charge in [-0.05, 0) is 49.2 Å². The van der Waals surface area contributed by atoms with E-state index >= 15 is 0 Å². The number of amides is 1. The number of anilines is 2. The minimum absolute atomic E-state index is 0.0479. The summed E-state index contributed by atoms with van der Waals surface area (Å²) in [7, 11) is 0. The molecule has 0 unspecified atom stereocenters. The Morgan fingerprint density at radius 3 is 2.43 bits per heavy atom. The normalized spacial score (nSPS) is 10.4. The summed E-state index contributed by atoms with van der Waals surface area (Å²) in [5, 5.41) is 9.44. The van der Waals surface area contributed by atoms with E-state index in [0.29, 0.717) is 0 Å². The van der Waals surface area contributed by atoms with Crippen LogP contribution in [0.2, 0.25) is 0 Å². The summed E-state index contributed by atoms with van der Waals surface area (Å²) in [6.45, 7) is 8.14. The van der Waals surface area contributed by atoms with Gasteiger partial charge >= 0.3 is 0 Å². The first-order chi connectivity index (χ1) is 11.1. The number of para-hydroxylation sites is 1. The van der Waals surface area contributed by atoms with E-state index in [-0.39, 0.29) is 12.5 Å². The maximum Gasteiger partial charge on any atom is 0.243 e. The number of hydrogen-bond donors (Lipinski definition) is 3. The van der Waals surface area contributed by atoms with E-state index in [0.717, 1.165) is 41.2 Å². The molecule has 0 saturated carbocycles. The van der Waals surface area contributed by atoms with Gasteiger partial charge in [-0.1, -0.05) is 37.3 Å². The molecule has 2 aromatic carbocycles. The molecule has 122 valence electrons. The highest BCUT2D eigenvalue weighted by atomic mass is 16.1. The molecule has 0 aromatic heterocycles. The monoisotopic (exact) mass is 311 g/mol. The third kappa shape index (κ3) is 5.11. The standard InChI is InChI=1S/C19H25N3O/c1-4-20-12-16-9-6-10-17(11-16)22-18(23)13-21-19-14(2)7-5-8-15(19)3/h5-11,20-21H,4,12-13H2,1-3H3,(H,22,23). The predicted molar refractivity (Wildman–Crippen MR) is 96.9 cm³/mol. The molecule has 0 heterocycles. The van der Waals surface area contributed by atoms with Crippen LogP contribution in [-0.2, 0) is 11.3 Å². The number of rotatable bonds is 7. The maximum atomic E-state index is 12.1. The number of aryl methyl sites for hydroxylation is 2. The van der Waals surface area contributed by atoms with Crippen molar-refractivity contribution in [1.29, 1.82) is 0 Å². The first kappa shape index (κ1) is 17.0. The second-order valence-electron chi connectivity index (χ2n) is 5.65. The van der Waals surface area contributed by atoms with E-state index in [1.54, 1.807) is 0 Å². The molecule has 2 rings (SSSR count). The summed E-state index contributed by atoms with van der Waals surface area (Å²) in [5.74, 6) is -0.0479. The highest BCUT2D eigenvalue weighted by Gasteiger charge is 2.06. The second-order valence-corrected chi connectivity index (χ2v) is 5.65. The largest absolute Gasteiger partial charge is 0.376 e. The smallest absolute Gasteiger partial charge is 0.243 e. The van der Waals surface area contributed by atoms with Crippen LogP contribution in [-0.4, -0.2) is 19.0 Å². The van der Waals surface area contributed by atoms with Gasteiger partial charge in [-0.25, -0.2) is 0 Å².